The van der Waals surface area contributed by atoms with E-state index < -0.39 is 24.3 Å². The summed E-state index contributed by atoms with van der Waals surface area (Å²) in [6.45, 7) is 3.59. The summed E-state index contributed by atoms with van der Waals surface area (Å²) in [5, 5.41) is 4.85. The molecule has 3 rings (SSSR count). The van der Waals surface area contributed by atoms with Gasteiger partial charge in [0.15, 0.2) is 11.7 Å². The molecule has 5 nitrogen and oxygen atoms in total. The van der Waals surface area contributed by atoms with Crippen molar-refractivity contribution < 1.29 is 18.7 Å². The third-order valence-corrected chi connectivity index (χ3v) is 4.71. The fourth-order valence-electron chi connectivity index (χ4n) is 2.35. The molecule has 0 radical (unpaired) electrons. The fourth-order valence-corrected chi connectivity index (χ4v) is 3.09. The molecule has 0 saturated carbocycles. The number of halogens is 1. The fraction of sp³-hybridized carbons (Fsp3) is 0.150. The number of aromatic nitrogens is 1. The number of thiazole rings is 1. The highest BCUT2D eigenvalue weighted by molar-refractivity contribution is 7.14. The zero-order valence-electron chi connectivity index (χ0n) is 14.8. The Morgan fingerprint density at radius 1 is 1.15 bits per heavy atom. The number of carbonyl (C=O) groups excluding carboxylic acids is 2. The van der Waals surface area contributed by atoms with E-state index in [2.05, 4.69) is 10.3 Å². The number of ether oxygens (including phenoxy) is 1. The maximum absolute atomic E-state index is 13.1. The molecule has 0 bridgehead atoms. The van der Waals surface area contributed by atoms with Crippen molar-refractivity contribution in [2.45, 2.75) is 13.8 Å². The second-order valence-electron chi connectivity index (χ2n) is 5.97. The van der Waals surface area contributed by atoms with Crippen molar-refractivity contribution in [2.75, 3.05) is 11.9 Å². The normalized spacial score (nSPS) is 10.5. The molecule has 2 aromatic carbocycles. The molecule has 27 heavy (non-hydrogen) atoms. The molecule has 0 saturated heterocycles. The second-order valence-corrected chi connectivity index (χ2v) is 6.83. The van der Waals surface area contributed by atoms with Crippen molar-refractivity contribution in [1.29, 1.82) is 0 Å². The third kappa shape index (κ3) is 4.77. The number of nitrogens with one attached hydrogen (secondary N) is 1. The molecule has 0 aliphatic heterocycles. The van der Waals surface area contributed by atoms with Gasteiger partial charge in [0.1, 0.15) is 5.82 Å². The van der Waals surface area contributed by atoms with E-state index in [0.29, 0.717) is 5.13 Å². The lowest BCUT2D eigenvalue weighted by atomic mass is 10.1. The highest BCUT2D eigenvalue weighted by Gasteiger charge is 2.13. The molecule has 0 fully saturated rings. The number of rotatable bonds is 5. The highest BCUT2D eigenvalue weighted by atomic mass is 32.1. The van der Waals surface area contributed by atoms with Crippen molar-refractivity contribution >= 4 is 28.3 Å². The van der Waals surface area contributed by atoms with Crippen LogP contribution >= 0.6 is 11.3 Å². The molecule has 1 amide bonds. The molecule has 7 heteroatoms. The first kappa shape index (κ1) is 18.7. The maximum Gasteiger partial charge on any atom is 0.338 e. The topological polar surface area (TPSA) is 68.3 Å². The van der Waals surface area contributed by atoms with Gasteiger partial charge in [-0.05, 0) is 49.2 Å². The number of nitrogens with zero attached hydrogens (tertiary/aromatic N) is 1. The summed E-state index contributed by atoms with van der Waals surface area (Å²) in [6, 6.07) is 11.1. The monoisotopic (exact) mass is 384 g/mol. The quantitative estimate of drug-likeness (QED) is 0.664. The minimum Gasteiger partial charge on any atom is -0.452 e. The van der Waals surface area contributed by atoms with Gasteiger partial charge in [0.05, 0.1) is 11.3 Å². The predicted octanol–water partition coefficient (Wildman–Crippen LogP) is 4.36. The summed E-state index contributed by atoms with van der Waals surface area (Å²) >= 11 is 1.28. The molecule has 1 N–H and O–H groups in total. The number of esters is 1. The number of aryl methyl sites for hydroxylation is 2. The first-order valence-electron chi connectivity index (χ1n) is 8.18. The van der Waals surface area contributed by atoms with Gasteiger partial charge in [-0.1, -0.05) is 18.2 Å². The van der Waals surface area contributed by atoms with Crippen LogP contribution in [0.2, 0.25) is 0 Å². The van der Waals surface area contributed by atoms with Crippen LogP contribution in [0.25, 0.3) is 11.3 Å². The summed E-state index contributed by atoms with van der Waals surface area (Å²) in [6.07, 6.45) is 0. The number of hydrogen-bond donors (Lipinski definition) is 1. The molecule has 0 aliphatic carbocycles. The van der Waals surface area contributed by atoms with Crippen LogP contribution < -0.4 is 5.32 Å². The third-order valence-electron chi connectivity index (χ3n) is 3.95. The summed E-state index contributed by atoms with van der Waals surface area (Å²) in [4.78, 5) is 28.2. The number of benzene rings is 2. The van der Waals surface area contributed by atoms with E-state index in [-0.39, 0.29) is 5.56 Å². The SMILES string of the molecule is Cc1ccc(-c2csc(NC(=O)COC(=O)c3cccc(F)c3)n2)cc1C. The molecule has 138 valence electrons. The van der Waals surface area contributed by atoms with Gasteiger partial charge in [-0.25, -0.2) is 14.2 Å². The van der Waals surface area contributed by atoms with Crippen molar-refractivity contribution in [1.82, 2.24) is 4.98 Å². The molecule has 0 spiro atoms. The summed E-state index contributed by atoms with van der Waals surface area (Å²) in [5.41, 5.74) is 4.13. The maximum atomic E-state index is 13.1. The zero-order chi connectivity index (χ0) is 19.4. The summed E-state index contributed by atoms with van der Waals surface area (Å²) < 4.78 is 18.0. The molecule has 0 aliphatic rings. The van der Waals surface area contributed by atoms with E-state index in [1.165, 1.54) is 35.1 Å². The van der Waals surface area contributed by atoms with Crippen LogP contribution in [0.1, 0.15) is 21.5 Å². The van der Waals surface area contributed by atoms with E-state index in [0.717, 1.165) is 22.9 Å². The number of hydrogen-bond acceptors (Lipinski definition) is 5. The number of carbonyl (C=O) groups is 2. The van der Waals surface area contributed by atoms with E-state index in [9.17, 15) is 14.0 Å². The molecule has 0 unspecified atom stereocenters. The molecule has 1 heterocycles. The van der Waals surface area contributed by atoms with Crippen LogP contribution in [0.5, 0.6) is 0 Å². The van der Waals surface area contributed by atoms with Crippen LogP contribution in [-0.4, -0.2) is 23.5 Å². The van der Waals surface area contributed by atoms with Gasteiger partial charge in [-0.2, -0.15) is 0 Å². The van der Waals surface area contributed by atoms with Crippen molar-refractivity contribution in [2.24, 2.45) is 0 Å². The van der Waals surface area contributed by atoms with Gasteiger partial charge in [-0.3, -0.25) is 10.1 Å². The average Bonchev–Trinajstić information content (AvgIpc) is 3.10. The lowest BCUT2D eigenvalue weighted by molar-refractivity contribution is -0.119. The summed E-state index contributed by atoms with van der Waals surface area (Å²) in [5.74, 6) is -1.82. The Labute approximate surface area is 159 Å². The molecule has 3 aromatic rings. The Morgan fingerprint density at radius 2 is 1.96 bits per heavy atom. The Bertz CT molecular complexity index is 1000. The molecule has 0 atom stereocenters. The zero-order valence-corrected chi connectivity index (χ0v) is 15.6. The molecule has 1 aromatic heterocycles. The van der Waals surface area contributed by atoms with Crippen molar-refractivity contribution in [3.63, 3.8) is 0 Å². The summed E-state index contributed by atoms with van der Waals surface area (Å²) in [7, 11) is 0. The minimum absolute atomic E-state index is 0.0501. The van der Waals surface area contributed by atoms with Gasteiger partial charge in [0.2, 0.25) is 0 Å². The van der Waals surface area contributed by atoms with Gasteiger partial charge in [0, 0.05) is 10.9 Å². The molecular formula is C20H17FN2O3S. The van der Waals surface area contributed by atoms with Crippen LogP contribution in [0, 0.1) is 19.7 Å². The van der Waals surface area contributed by atoms with Gasteiger partial charge in [0.25, 0.3) is 5.91 Å². The van der Waals surface area contributed by atoms with Crippen LogP contribution in [0.4, 0.5) is 9.52 Å². The van der Waals surface area contributed by atoms with E-state index >= 15 is 0 Å². The van der Waals surface area contributed by atoms with Gasteiger partial charge in [-0.15, -0.1) is 11.3 Å². The van der Waals surface area contributed by atoms with Gasteiger partial charge < -0.3 is 4.74 Å². The first-order chi connectivity index (χ1) is 12.9. The van der Waals surface area contributed by atoms with Gasteiger partial charge >= 0.3 is 5.97 Å². The Hall–Kier alpha value is -3.06. The van der Waals surface area contributed by atoms with Crippen LogP contribution in [0.15, 0.2) is 47.8 Å². The Balaban J connectivity index is 1.57. The lowest BCUT2D eigenvalue weighted by Gasteiger charge is -2.05. The highest BCUT2D eigenvalue weighted by Crippen LogP contribution is 2.26. The minimum atomic E-state index is -0.764. The average molecular weight is 384 g/mol. The van der Waals surface area contributed by atoms with Crippen LogP contribution in [0.3, 0.4) is 0 Å². The van der Waals surface area contributed by atoms with Crippen molar-refractivity contribution in [3.8, 4) is 11.3 Å². The Kier molecular flexibility index (Phi) is 5.61. The standard InChI is InChI=1S/C20H17FN2O3S/c1-12-6-7-14(8-13(12)2)17-11-27-20(22-17)23-18(24)10-26-19(25)15-4-3-5-16(21)9-15/h3-9,11H,10H2,1-2H3,(H,22,23,24). The van der Waals surface area contributed by atoms with E-state index in [1.54, 1.807) is 0 Å². The van der Waals surface area contributed by atoms with Crippen molar-refractivity contribution in [3.05, 3.63) is 70.4 Å². The van der Waals surface area contributed by atoms with Crippen LogP contribution in [-0.2, 0) is 9.53 Å². The smallest absolute Gasteiger partial charge is 0.338 e. The number of amides is 1. The first-order valence-corrected chi connectivity index (χ1v) is 9.06. The largest absolute Gasteiger partial charge is 0.452 e. The van der Waals surface area contributed by atoms with E-state index in [4.69, 9.17) is 4.74 Å². The number of anilines is 1. The lowest BCUT2D eigenvalue weighted by Crippen LogP contribution is -2.20. The second kappa shape index (κ2) is 8.09. The Morgan fingerprint density at radius 3 is 2.70 bits per heavy atom. The molecular weight excluding hydrogens is 367 g/mol. The predicted molar refractivity (Wildman–Crippen MR) is 102 cm³/mol. The van der Waals surface area contributed by atoms with E-state index in [1.807, 2.05) is 37.4 Å².